The van der Waals surface area contributed by atoms with Crippen molar-refractivity contribution in [2.75, 3.05) is 13.4 Å². The fraction of sp³-hybridized carbons (Fsp3) is 0.214. The number of ether oxygens (including phenoxy) is 4. The molecule has 3 aromatic carbocycles. The molecule has 0 atom stereocenters. The number of rotatable bonds is 9. The van der Waals surface area contributed by atoms with Crippen LogP contribution in [-0.2, 0) is 17.9 Å². The highest BCUT2D eigenvalue weighted by molar-refractivity contribution is 6.01. The molecule has 7 nitrogen and oxygen atoms in total. The number of carbonyl (C=O) groups is 1. The van der Waals surface area contributed by atoms with Gasteiger partial charge in [-0.3, -0.25) is 4.79 Å². The Kier molecular flexibility index (Phi) is 7.53. The van der Waals surface area contributed by atoms with Crippen LogP contribution in [0.25, 0.3) is 6.08 Å². The van der Waals surface area contributed by atoms with Gasteiger partial charge in [0.2, 0.25) is 6.79 Å². The van der Waals surface area contributed by atoms with Gasteiger partial charge in [-0.2, -0.15) is 5.26 Å². The summed E-state index contributed by atoms with van der Waals surface area (Å²) in [7, 11) is 0. The predicted octanol–water partition coefficient (Wildman–Crippen LogP) is 4.92. The van der Waals surface area contributed by atoms with Gasteiger partial charge in [-0.05, 0) is 60.9 Å². The third-order valence-electron chi connectivity index (χ3n) is 5.31. The van der Waals surface area contributed by atoms with E-state index in [0.717, 1.165) is 16.7 Å². The lowest BCUT2D eigenvalue weighted by Crippen LogP contribution is -2.23. The topological polar surface area (TPSA) is 89.8 Å². The van der Waals surface area contributed by atoms with E-state index >= 15 is 0 Å². The molecule has 0 aromatic heterocycles. The summed E-state index contributed by atoms with van der Waals surface area (Å²) in [6.07, 6.45) is 1.53. The molecule has 0 bridgehead atoms. The molecule has 0 unspecified atom stereocenters. The Balaban J connectivity index is 1.44. The zero-order valence-corrected chi connectivity index (χ0v) is 19.7. The van der Waals surface area contributed by atoms with Gasteiger partial charge in [0.1, 0.15) is 18.2 Å². The maximum Gasteiger partial charge on any atom is 0.262 e. The molecule has 1 N–H and O–H groups in total. The third-order valence-corrected chi connectivity index (χ3v) is 5.31. The largest absolute Gasteiger partial charge is 0.490 e. The van der Waals surface area contributed by atoms with Gasteiger partial charge in [0.05, 0.1) is 6.61 Å². The van der Waals surface area contributed by atoms with E-state index in [4.69, 9.17) is 18.9 Å². The van der Waals surface area contributed by atoms with Crippen molar-refractivity contribution in [2.45, 2.75) is 27.0 Å². The number of hydrogen-bond acceptors (Lipinski definition) is 6. The van der Waals surface area contributed by atoms with Crippen molar-refractivity contribution >= 4 is 12.0 Å². The Morgan fingerprint density at radius 3 is 2.69 bits per heavy atom. The lowest BCUT2D eigenvalue weighted by atomic mass is 10.1. The summed E-state index contributed by atoms with van der Waals surface area (Å²) in [6, 6.07) is 20.9. The Bertz CT molecular complexity index is 1290. The first kappa shape index (κ1) is 23.7. The lowest BCUT2D eigenvalue weighted by Gasteiger charge is -2.13. The minimum absolute atomic E-state index is 0.0124. The molecule has 0 radical (unpaired) electrons. The Morgan fingerprint density at radius 2 is 1.89 bits per heavy atom. The minimum atomic E-state index is -0.470. The monoisotopic (exact) mass is 470 g/mol. The van der Waals surface area contributed by atoms with Crippen LogP contribution in [0.4, 0.5) is 0 Å². The predicted molar refractivity (Wildman–Crippen MR) is 131 cm³/mol. The number of nitriles is 1. The van der Waals surface area contributed by atoms with E-state index in [0.29, 0.717) is 41.8 Å². The van der Waals surface area contributed by atoms with Crippen molar-refractivity contribution in [3.8, 4) is 29.1 Å². The molecule has 7 heteroatoms. The van der Waals surface area contributed by atoms with Gasteiger partial charge in [-0.25, -0.2) is 0 Å². The van der Waals surface area contributed by atoms with E-state index in [2.05, 4.69) is 11.4 Å². The van der Waals surface area contributed by atoms with Crippen LogP contribution in [-0.4, -0.2) is 19.3 Å². The van der Waals surface area contributed by atoms with Gasteiger partial charge >= 0.3 is 0 Å². The first-order valence-corrected chi connectivity index (χ1v) is 11.3. The molecule has 4 rings (SSSR count). The normalized spacial score (nSPS) is 12.1. The van der Waals surface area contributed by atoms with Crippen LogP contribution in [0.3, 0.4) is 0 Å². The highest BCUT2D eigenvalue weighted by atomic mass is 16.7. The number of nitrogens with zero attached hydrogens (tertiary/aromatic N) is 1. The van der Waals surface area contributed by atoms with E-state index in [9.17, 15) is 10.1 Å². The van der Waals surface area contributed by atoms with Crippen molar-refractivity contribution in [2.24, 2.45) is 0 Å². The molecule has 1 heterocycles. The highest BCUT2D eigenvalue weighted by Crippen LogP contribution is 2.32. The number of hydrogen-bond donors (Lipinski definition) is 1. The number of nitrogens with one attached hydrogen (secondary N) is 1. The first-order chi connectivity index (χ1) is 17.1. The molecule has 1 aliphatic rings. The van der Waals surface area contributed by atoms with Crippen molar-refractivity contribution in [1.82, 2.24) is 5.32 Å². The fourth-order valence-electron chi connectivity index (χ4n) is 3.61. The number of fused-ring (bicyclic) bond motifs is 1. The Morgan fingerprint density at radius 1 is 1.03 bits per heavy atom. The second kappa shape index (κ2) is 11.1. The molecule has 1 amide bonds. The van der Waals surface area contributed by atoms with Crippen molar-refractivity contribution in [1.29, 1.82) is 5.26 Å². The van der Waals surface area contributed by atoms with Crippen LogP contribution >= 0.6 is 0 Å². The summed E-state index contributed by atoms with van der Waals surface area (Å²) >= 11 is 0. The van der Waals surface area contributed by atoms with Gasteiger partial charge in [0.15, 0.2) is 23.0 Å². The Hall–Kier alpha value is -4.44. The van der Waals surface area contributed by atoms with Crippen LogP contribution in [0.2, 0.25) is 0 Å². The van der Waals surface area contributed by atoms with Gasteiger partial charge in [-0.15, -0.1) is 0 Å². The molecule has 178 valence electrons. The molecule has 3 aromatic rings. The van der Waals surface area contributed by atoms with Crippen LogP contribution in [0, 0.1) is 18.3 Å². The SMILES string of the molecule is CCOc1cc(/C=C(\C#N)C(=O)NCc2ccc3c(c2)OCO3)ccc1OCc1cccc(C)c1. The summed E-state index contributed by atoms with van der Waals surface area (Å²) in [5.74, 6) is 1.99. The molecule has 1 aliphatic heterocycles. The molecule has 0 saturated heterocycles. The molecule has 0 aliphatic carbocycles. The molecule has 0 fully saturated rings. The van der Waals surface area contributed by atoms with Gasteiger partial charge in [-0.1, -0.05) is 42.0 Å². The molecular formula is C28H26N2O5. The van der Waals surface area contributed by atoms with E-state index in [1.54, 1.807) is 24.3 Å². The number of amides is 1. The third kappa shape index (κ3) is 6.12. The maximum absolute atomic E-state index is 12.6. The average molecular weight is 471 g/mol. The molecule has 0 spiro atoms. The second-order valence-electron chi connectivity index (χ2n) is 7.96. The van der Waals surface area contributed by atoms with Gasteiger partial charge in [0.25, 0.3) is 5.91 Å². The van der Waals surface area contributed by atoms with Crippen molar-refractivity contribution < 1.29 is 23.7 Å². The summed E-state index contributed by atoms with van der Waals surface area (Å²) in [4.78, 5) is 12.6. The average Bonchev–Trinajstić information content (AvgIpc) is 3.33. The van der Waals surface area contributed by atoms with E-state index in [1.807, 2.05) is 50.2 Å². The summed E-state index contributed by atoms with van der Waals surface area (Å²) < 4.78 is 22.4. The summed E-state index contributed by atoms with van der Waals surface area (Å²) in [6.45, 7) is 5.22. The van der Waals surface area contributed by atoms with Crippen LogP contribution in [0.5, 0.6) is 23.0 Å². The van der Waals surface area contributed by atoms with Gasteiger partial charge < -0.3 is 24.3 Å². The highest BCUT2D eigenvalue weighted by Gasteiger charge is 2.15. The van der Waals surface area contributed by atoms with Gasteiger partial charge in [0, 0.05) is 6.54 Å². The summed E-state index contributed by atoms with van der Waals surface area (Å²) in [5.41, 5.74) is 3.71. The van der Waals surface area contributed by atoms with Crippen LogP contribution in [0.15, 0.2) is 66.2 Å². The molecule has 35 heavy (non-hydrogen) atoms. The van der Waals surface area contributed by atoms with E-state index in [-0.39, 0.29) is 18.9 Å². The zero-order valence-electron chi connectivity index (χ0n) is 19.7. The second-order valence-corrected chi connectivity index (χ2v) is 7.96. The van der Waals surface area contributed by atoms with Crippen LogP contribution < -0.4 is 24.3 Å². The fourth-order valence-corrected chi connectivity index (χ4v) is 3.61. The number of aryl methyl sites for hydroxylation is 1. The smallest absolute Gasteiger partial charge is 0.262 e. The number of carbonyl (C=O) groups excluding carboxylic acids is 1. The zero-order chi connectivity index (χ0) is 24.6. The molecular weight excluding hydrogens is 444 g/mol. The first-order valence-electron chi connectivity index (χ1n) is 11.3. The van der Waals surface area contributed by atoms with Crippen molar-refractivity contribution in [3.05, 3.63) is 88.5 Å². The molecule has 0 saturated carbocycles. The van der Waals surface area contributed by atoms with Crippen LogP contribution in [0.1, 0.15) is 29.2 Å². The van der Waals surface area contributed by atoms with E-state index < -0.39 is 5.91 Å². The summed E-state index contributed by atoms with van der Waals surface area (Å²) in [5, 5.41) is 12.3. The number of benzene rings is 3. The lowest BCUT2D eigenvalue weighted by molar-refractivity contribution is -0.117. The van der Waals surface area contributed by atoms with E-state index in [1.165, 1.54) is 6.08 Å². The standard InChI is InChI=1S/C28H26N2O5/c1-3-32-26-13-20(7-9-24(26)33-17-22-6-4-5-19(2)11-22)12-23(15-29)28(31)30-16-21-8-10-25-27(14-21)35-18-34-25/h4-14H,3,16-18H2,1-2H3,(H,30,31)/b23-12+. The minimum Gasteiger partial charge on any atom is -0.490 e. The quantitative estimate of drug-likeness (QED) is 0.353. The maximum atomic E-state index is 12.6. The Labute approximate surface area is 204 Å². The van der Waals surface area contributed by atoms with Crippen molar-refractivity contribution in [3.63, 3.8) is 0 Å².